The lowest BCUT2D eigenvalue weighted by Gasteiger charge is -1.98. The van der Waals surface area contributed by atoms with Gasteiger partial charge in [0.1, 0.15) is 17.6 Å². The summed E-state index contributed by atoms with van der Waals surface area (Å²) >= 11 is 5.95. The number of nitrogens with zero attached hydrogens (tertiary/aromatic N) is 3. The second-order valence-electron chi connectivity index (χ2n) is 4.64. The van der Waals surface area contributed by atoms with Crippen LogP contribution in [0.2, 0.25) is 5.02 Å². The van der Waals surface area contributed by atoms with Crippen molar-refractivity contribution in [3.05, 3.63) is 66.3 Å². The number of benzene rings is 1. The van der Waals surface area contributed by atoms with Crippen molar-refractivity contribution in [1.82, 2.24) is 14.8 Å². The lowest BCUT2D eigenvalue weighted by molar-refractivity contribution is 0.565. The van der Waals surface area contributed by atoms with E-state index >= 15 is 0 Å². The Morgan fingerprint density at radius 1 is 1.05 bits per heavy atom. The summed E-state index contributed by atoms with van der Waals surface area (Å²) < 4.78 is 7.01. The number of aromatic nitrogens is 3. The third kappa shape index (κ3) is 2.00. The zero-order valence-electron chi connectivity index (χ0n) is 10.9. The summed E-state index contributed by atoms with van der Waals surface area (Å²) in [5, 5.41) is 6.40. The fourth-order valence-electron chi connectivity index (χ4n) is 2.36. The second-order valence-corrected chi connectivity index (χ2v) is 5.08. The van der Waals surface area contributed by atoms with E-state index in [0.29, 0.717) is 5.02 Å². The van der Waals surface area contributed by atoms with Crippen molar-refractivity contribution >= 4 is 22.5 Å². The molecule has 4 nitrogen and oxygen atoms in total. The Bertz CT molecular complexity index is 895. The fourth-order valence-corrected chi connectivity index (χ4v) is 2.48. The highest BCUT2D eigenvalue weighted by Gasteiger charge is 2.14. The van der Waals surface area contributed by atoms with Gasteiger partial charge in [-0.05, 0) is 18.2 Å². The topological polar surface area (TPSA) is 43.9 Å². The van der Waals surface area contributed by atoms with Crippen LogP contribution < -0.4 is 0 Å². The van der Waals surface area contributed by atoms with E-state index in [4.69, 9.17) is 21.1 Å². The van der Waals surface area contributed by atoms with Gasteiger partial charge in [-0.25, -0.2) is 4.68 Å². The molecule has 0 bridgehead atoms. The van der Waals surface area contributed by atoms with Crippen LogP contribution in [-0.4, -0.2) is 14.8 Å². The van der Waals surface area contributed by atoms with Gasteiger partial charge >= 0.3 is 0 Å². The van der Waals surface area contributed by atoms with Gasteiger partial charge < -0.3 is 4.42 Å². The molecule has 0 unspecified atom stereocenters. The van der Waals surface area contributed by atoms with Gasteiger partial charge in [0, 0.05) is 34.4 Å². The van der Waals surface area contributed by atoms with Crippen LogP contribution in [0.5, 0.6) is 0 Å². The van der Waals surface area contributed by atoms with Crippen molar-refractivity contribution in [2.45, 2.75) is 0 Å². The van der Waals surface area contributed by atoms with Crippen molar-refractivity contribution in [2.24, 2.45) is 0 Å². The van der Waals surface area contributed by atoms with Crippen molar-refractivity contribution in [1.29, 1.82) is 0 Å². The van der Waals surface area contributed by atoms with Crippen LogP contribution in [0, 0.1) is 0 Å². The molecule has 3 aromatic heterocycles. The molecule has 0 amide bonds. The first-order chi connectivity index (χ1) is 10.3. The van der Waals surface area contributed by atoms with Gasteiger partial charge in [-0.1, -0.05) is 23.7 Å². The second kappa shape index (κ2) is 4.75. The van der Waals surface area contributed by atoms with E-state index in [0.717, 1.165) is 27.8 Å². The van der Waals surface area contributed by atoms with Gasteiger partial charge in [-0.3, -0.25) is 4.98 Å². The molecule has 0 saturated carbocycles. The molecule has 4 rings (SSSR count). The molecule has 0 aliphatic carbocycles. The minimum absolute atomic E-state index is 0.704. The van der Waals surface area contributed by atoms with Gasteiger partial charge in [-0.2, -0.15) is 5.10 Å². The largest absolute Gasteiger partial charge is 0.470 e. The number of hydrogen-bond donors (Lipinski definition) is 0. The van der Waals surface area contributed by atoms with E-state index in [1.54, 1.807) is 18.7 Å². The Labute approximate surface area is 125 Å². The smallest absolute Gasteiger partial charge is 0.116 e. The molecule has 0 aliphatic rings. The van der Waals surface area contributed by atoms with Crippen molar-refractivity contribution in [3.63, 3.8) is 0 Å². The van der Waals surface area contributed by atoms with Crippen molar-refractivity contribution < 1.29 is 4.42 Å². The molecule has 21 heavy (non-hydrogen) atoms. The molecule has 4 aromatic rings. The number of fused-ring (bicyclic) bond motifs is 1. The highest BCUT2D eigenvalue weighted by atomic mass is 35.5. The Morgan fingerprint density at radius 3 is 2.67 bits per heavy atom. The highest BCUT2D eigenvalue weighted by molar-refractivity contribution is 6.30. The molecule has 0 N–H and O–H groups in total. The maximum atomic E-state index is 5.95. The third-order valence-corrected chi connectivity index (χ3v) is 3.60. The van der Waals surface area contributed by atoms with E-state index in [9.17, 15) is 0 Å². The number of halogens is 1. The van der Waals surface area contributed by atoms with Gasteiger partial charge in [0.25, 0.3) is 0 Å². The fraction of sp³-hybridized carbons (Fsp3) is 0. The number of pyridine rings is 1. The van der Waals surface area contributed by atoms with E-state index in [1.807, 2.05) is 47.3 Å². The zero-order chi connectivity index (χ0) is 14.2. The van der Waals surface area contributed by atoms with Crippen LogP contribution >= 0.6 is 11.6 Å². The van der Waals surface area contributed by atoms with Crippen molar-refractivity contribution in [3.8, 4) is 16.9 Å². The van der Waals surface area contributed by atoms with Gasteiger partial charge in [0.15, 0.2) is 0 Å². The molecule has 0 fully saturated rings. The predicted molar refractivity (Wildman–Crippen MR) is 81.6 cm³/mol. The lowest BCUT2D eigenvalue weighted by atomic mass is 10.1. The van der Waals surface area contributed by atoms with Crippen LogP contribution in [0.3, 0.4) is 0 Å². The first kappa shape index (κ1) is 12.2. The summed E-state index contributed by atoms with van der Waals surface area (Å²) in [5.74, 6) is 0. The van der Waals surface area contributed by atoms with E-state index in [1.165, 1.54) is 0 Å². The van der Waals surface area contributed by atoms with Crippen LogP contribution in [0.25, 0.3) is 27.8 Å². The minimum Gasteiger partial charge on any atom is -0.470 e. The van der Waals surface area contributed by atoms with Gasteiger partial charge in [0.05, 0.1) is 11.8 Å². The van der Waals surface area contributed by atoms with Crippen LogP contribution in [-0.2, 0) is 0 Å². The van der Waals surface area contributed by atoms with Gasteiger partial charge in [0.2, 0.25) is 0 Å². The molecule has 0 spiro atoms. The summed E-state index contributed by atoms with van der Waals surface area (Å²) in [7, 11) is 0. The van der Waals surface area contributed by atoms with Crippen LogP contribution in [0.1, 0.15) is 0 Å². The molecule has 5 heteroatoms. The summed E-state index contributed by atoms with van der Waals surface area (Å²) in [6.07, 6.45) is 6.87. The number of furan rings is 1. The molecular weight excluding hydrogens is 286 g/mol. The Balaban J connectivity index is 2.00. The average molecular weight is 296 g/mol. The number of rotatable bonds is 2. The molecule has 0 aliphatic heterocycles. The normalized spacial score (nSPS) is 11.1. The molecule has 0 radical (unpaired) electrons. The van der Waals surface area contributed by atoms with E-state index in [2.05, 4.69) is 4.98 Å². The minimum atomic E-state index is 0.704. The molecule has 0 saturated heterocycles. The molecule has 102 valence electrons. The van der Waals surface area contributed by atoms with Crippen molar-refractivity contribution in [2.75, 3.05) is 0 Å². The molecule has 1 aromatic carbocycles. The quantitative estimate of drug-likeness (QED) is 0.553. The average Bonchev–Trinajstić information content (AvgIpc) is 3.15. The SMILES string of the molecule is Clc1ccc(-c2nn(-c3ccoc3)c3ccncc23)cc1. The third-order valence-electron chi connectivity index (χ3n) is 3.35. The lowest BCUT2D eigenvalue weighted by Crippen LogP contribution is -1.94. The summed E-state index contributed by atoms with van der Waals surface area (Å²) in [6, 6.07) is 11.4. The van der Waals surface area contributed by atoms with E-state index < -0.39 is 0 Å². The summed E-state index contributed by atoms with van der Waals surface area (Å²) in [4.78, 5) is 4.21. The zero-order valence-corrected chi connectivity index (χ0v) is 11.7. The number of hydrogen-bond acceptors (Lipinski definition) is 3. The molecule has 0 atom stereocenters. The maximum Gasteiger partial charge on any atom is 0.116 e. The molecule has 3 heterocycles. The van der Waals surface area contributed by atoms with E-state index in [-0.39, 0.29) is 0 Å². The predicted octanol–water partition coefficient (Wildman–Crippen LogP) is 4.33. The summed E-state index contributed by atoms with van der Waals surface area (Å²) in [6.45, 7) is 0. The standard InChI is InChI=1S/C16H10ClN3O/c17-12-3-1-11(2-4-12)16-14-9-18-7-5-15(14)20(19-16)13-6-8-21-10-13/h1-10H. The van der Waals surface area contributed by atoms with Crippen LogP contribution in [0.4, 0.5) is 0 Å². The molecular formula is C16H10ClN3O. The highest BCUT2D eigenvalue weighted by Crippen LogP contribution is 2.29. The van der Waals surface area contributed by atoms with Gasteiger partial charge in [-0.15, -0.1) is 0 Å². The Morgan fingerprint density at radius 2 is 1.90 bits per heavy atom. The summed E-state index contributed by atoms with van der Waals surface area (Å²) in [5.41, 5.74) is 3.73. The Hall–Kier alpha value is -2.59. The first-order valence-electron chi connectivity index (χ1n) is 6.44. The Kier molecular flexibility index (Phi) is 2.75. The monoisotopic (exact) mass is 295 g/mol. The maximum absolute atomic E-state index is 5.95. The van der Waals surface area contributed by atoms with Crippen LogP contribution in [0.15, 0.2) is 65.7 Å². The first-order valence-corrected chi connectivity index (χ1v) is 6.82.